The molecule has 1 aliphatic heterocycles. The maximum atomic E-state index is 12.5. The number of sulfonamides is 1. The topological polar surface area (TPSA) is 77.3 Å². The van der Waals surface area contributed by atoms with E-state index in [1.807, 2.05) is 25.1 Å². The Labute approximate surface area is 113 Å². The Morgan fingerprint density at radius 2 is 2.26 bits per heavy atom. The van der Waals surface area contributed by atoms with Gasteiger partial charge in [-0.2, -0.15) is 9.57 Å². The molecule has 1 unspecified atom stereocenters. The molecular weight excluding hydrogens is 264 g/mol. The number of rotatable bonds is 3. The minimum Gasteiger partial charge on any atom is -0.305 e. The van der Waals surface area contributed by atoms with E-state index in [1.54, 1.807) is 0 Å². The predicted molar refractivity (Wildman–Crippen MR) is 69.8 cm³/mol. The second-order valence-electron chi connectivity index (χ2n) is 4.73. The van der Waals surface area contributed by atoms with E-state index in [4.69, 9.17) is 5.26 Å². The monoisotopic (exact) mass is 280 g/mol. The molecule has 19 heavy (non-hydrogen) atoms. The third-order valence-corrected chi connectivity index (χ3v) is 5.25. The standard InChI is InChI=1S/C12H16N4O2S/c1-15(2)10-5-7-16(9-10)19(17,18)12-4-3-6-14-11(12)8-13/h3-4,6,10H,5,7,9H2,1-2H3. The van der Waals surface area contributed by atoms with Crippen molar-refractivity contribution in [1.29, 1.82) is 5.26 Å². The Kier molecular flexibility index (Phi) is 3.85. The number of nitrogens with zero attached hydrogens (tertiary/aromatic N) is 4. The lowest BCUT2D eigenvalue weighted by molar-refractivity contribution is 0.302. The van der Waals surface area contributed by atoms with Gasteiger partial charge in [0, 0.05) is 25.3 Å². The van der Waals surface area contributed by atoms with E-state index in [1.165, 1.54) is 22.6 Å². The van der Waals surface area contributed by atoms with Crippen LogP contribution < -0.4 is 0 Å². The zero-order valence-electron chi connectivity index (χ0n) is 10.9. The Hall–Kier alpha value is -1.49. The van der Waals surface area contributed by atoms with Crippen LogP contribution in [0.4, 0.5) is 0 Å². The highest BCUT2D eigenvalue weighted by Crippen LogP contribution is 2.23. The second-order valence-corrected chi connectivity index (χ2v) is 6.64. The highest BCUT2D eigenvalue weighted by atomic mass is 32.2. The van der Waals surface area contributed by atoms with Crippen molar-refractivity contribution in [3.63, 3.8) is 0 Å². The van der Waals surface area contributed by atoms with Crippen LogP contribution in [0, 0.1) is 11.3 Å². The van der Waals surface area contributed by atoms with Crippen molar-refractivity contribution in [3.05, 3.63) is 24.0 Å². The van der Waals surface area contributed by atoms with Gasteiger partial charge in [-0.15, -0.1) is 0 Å². The van der Waals surface area contributed by atoms with E-state index in [0.717, 1.165) is 6.42 Å². The summed E-state index contributed by atoms with van der Waals surface area (Å²) in [5.41, 5.74) is -0.0456. The molecule has 6 nitrogen and oxygen atoms in total. The maximum absolute atomic E-state index is 12.5. The van der Waals surface area contributed by atoms with E-state index in [9.17, 15) is 8.42 Å². The summed E-state index contributed by atoms with van der Waals surface area (Å²) in [6, 6.07) is 5.02. The summed E-state index contributed by atoms with van der Waals surface area (Å²) >= 11 is 0. The lowest BCUT2D eigenvalue weighted by Gasteiger charge is -2.20. The number of hydrogen-bond donors (Lipinski definition) is 0. The number of nitriles is 1. The molecule has 1 atom stereocenters. The van der Waals surface area contributed by atoms with Gasteiger partial charge in [0.15, 0.2) is 5.69 Å². The summed E-state index contributed by atoms with van der Waals surface area (Å²) in [6.45, 7) is 0.931. The Balaban J connectivity index is 2.32. The van der Waals surface area contributed by atoms with Crippen LogP contribution in [-0.2, 0) is 10.0 Å². The average molecular weight is 280 g/mol. The summed E-state index contributed by atoms with van der Waals surface area (Å²) in [5.74, 6) is 0. The van der Waals surface area contributed by atoms with Crippen molar-refractivity contribution in [2.75, 3.05) is 27.2 Å². The first kappa shape index (κ1) is 13.9. The third-order valence-electron chi connectivity index (χ3n) is 3.35. The van der Waals surface area contributed by atoms with Crippen LogP contribution in [0.2, 0.25) is 0 Å². The Morgan fingerprint density at radius 1 is 1.53 bits per heavy atom. The van der Waals surface area contributed by atoms with Gasteiger partial charge in [-0.25, -0.2) is 13.4 Å². The Bertz CT molecular complexity index is 606. The van der Waals surface area contributed by atoms with Gasteiger partial charge in [-0.3, -0.25) is 0 Å². The van der Waals surface area contributed by atoms with Crippen molar-refractivity contribution in [1.82, 2.24) is 14.2 Å². The molecule has 1 aromatic heterocycles. The largest absolute Gasteiger partial charge is 0.305 e. The van der Waals surface area contributed by atoms with Crippen molar-refractivity contribution >= 4 is 10.0 Å². The van der Waals surface area contributed by atoms with Crippen LogP contribution in [0.15, 0.2) is 23.2 Å². The summed E-state index contributed by atoms with van der Waals surface area (Å²) in [4.78, 5) is 5.83. The maximum Gasteiger partial charge on any atom is 0.246 e. The zero-order chi connectivity index (χ0) is 14.0. The summed E-state index contributed by atoms with van der Waals surface area (Å²) in [5, 5.41) is 8.96. The minimum atomic E-state index is -3.63. The van der Waals surface area contributed by atoms with Crippen molar-refractivity contribution in [2.24, 2.45) is 0 Å². The normalized spacial score (nSPS) is 20.6. The van der Waals surface area contributed by atoms with Crippen LogP contribution in [0.3, 0.4) is 0 Å². The molecule has 1 fully saturated rings. The van der Waals surface area contributed by atoms with Gasteiger partial charge in [-0.05, 0) is 32.6 Å². The van der Waals surface area contributed by atoms with Crippen LogP contribution in [0.1, 0.15) is 12.1 Å². The van der Waals surface area contributed by atoms with Crippen molar-refractivity contribution in [2.45, 2.75) is 17.4 Å². The molecule has 102 valence electrons. The van der Waals surface area contributed by atoms with Gasteiger partial charge in [0.25, 0.3) is 0 Å². The van der Waals surface area contributed by atoms with E-state index in [2.05, 4.69) is 4.98 Å². The molecule has 0 aliphatic carbocycles. The molecule has 0 N–H and O–H groups in total. The van der Waals surface area contributed by atoms with Gasteiger partial charge < -0.3 is 4.90 Å². The van der Waals surface area contributed by atoms with Crippen molar-refractivity contribution in [3.8, 4) is 6.07 Å². The van der Waals surface area contributed by atoms with E-state index in [-0.39, 0.29) is 16.6 Å². The molecule has 0 spiro atoms. The van der Waals surface area contributed by atoms with E-state index < -0.39 is 10.0 Å². The van der Waals surface area contributed by atoms with Crippen molar-refractivity contribution < 1.29 is 8.42 Å². The first-order chi connectivity index (χ1) is 8.96. The number of aromatic nitrogens is 1. The van der Waals surface area contributed by atoms with Gasteiger partial charge in [0.05, 0.1) is 0 Å². The average Bonchev–Trinajstić information content (AvgIpc) is 2.89. The van der Waals surface area contributed by atoms with Crippen LogP contribution in [0.5, 0.6) is 0 Å². The van der Waals surface area contributed by atoms with Gasteiger partial charge in [-0.1, -0.05) is 0 Å². The molecule has 1 saturated heterocycles. The van der Waals surface area contributed by atoms with Crippen LogP contribution >= 0.6 is 0 Å². The van der Waals surface area contributed by atoms with Gasteiger partial charge >= 0.3 is 0 Å². The second kappa shape index (κ2) is 5.25. The molecule has 0 bridgehead atoms. The van der Waals surface area contributed by atoms with Crippen LogP contribution in [0.25, 0.3) is 0 Å². The molecule has 0 saturated carbocycles. The fourth-order valence-electron chi connectivity index (χ4n) is 2.17. The SMILES string of the molecule is CN(C)C1CCN(S(=O)(=O)c2cccnc2C#N)C1. The predicted octanol–water partition coefficient (Wildman–Crippen LogP) is 0.278. The minimum absolute atomic E-state index is 0.00286. The molecular formula is C12H16N4O2S. The summed E-state index contributed by atoms with van der Waals surface area (Å²) in [6.07, 6.45) is 2.22. The molecule has 0 aromatic carbocycles. The lowest BCUT2D eigenvalue weighted by Crippen LogP contribution is -2.34. The van der Waals surface area contributed by atoms with E-state index in [0.29, 0.717) is 13.1 Å². The van der Waals surface area contributed by atoms with Gasteiger partial charge in [0.1, 0.15) is 11.0 Å². The molecule has 0 radical (unpaired) electrons. The first-order valence-electron chi connectivity index (χ1n) is 5.98. The highest BCUT2D eigenvalue weighted by molar-refractivity contribution is 7.89. The third kappa shape index (κ3) is 2.61. The fraction of sp³-hybridized carbons (Fsp3) is 0.500. The number of hydrogen-bond acceptors (Lipinski definition) is 5. The molecule has 7 heteroatoms. The summed E-state index contributed by atoms with van der Waals surface area (Å²) in [7, 11) is 0.246. The zero-order valence-corrected chi connectivity index (χ0v) is 11.8. The molecule has 0 amide bonds. The smallest absolute Gasteiger partial charge is 0.246 e. The van der Waals surface area contributed by atoms with Gasteiger partial charge in [0.2, 0.25) is 10.0 Å². The molecule has 2 rings (SSSR count). The highest BCUT2D eigenvalue weighted by Gasteiger charge is 2.34. The number of likely N-dealkylation sites (N-methyl/N-ethyl adjacent to an activating group) is 1. The summed E-state index contributed by atoms with van der Waals surface area (Å²) < 4.78 is 26.4. The quantitative estimate of drug-likeness (QED) is 0.794. The fourth-order valence-corrected chi connectivity index (χ4v) is 3.76. The van der Waals surface area contributed by atoms with E-state index >= 15 is 0 Å². The molecule has 2 heterocycles. The molecule has 1 aromatic rings. The molecule has 1 aliphatic rings. The Morgan fingerprint density at radius 3 is 2.84 bits per heavy atom. The van der Waals surface area contributed by atoms with Crippen LogP contribution in [-0.4, -0.2) is 55.8 Å². The first-order valence-corrected chi connectivity index (χ1v) is 7.42. The lowest BCUT2D eigenvalue weighted by atomic mass is 10.2. The number of pyridine rings is 1.